The Morgan fingerprint density at radius 2 is 2.19 bits per heavy atom. The van der Waals surface area contributed by atoms with E-state index in [0.29, 0.717) is 6.54 Å². The lowest BCUT2D eigenvalue weighted by Crippen LogP contribution is -2.25. The Morgan fingerprint density at radius 1 is 1.38 bits per heavy atom. The van der Waals surface area contributed by atoms with Gasteiger partial charge < -0.3 is 4.90 Å². The van der Waals surface area contributed by atoms with Crippen molar-refractivity contribution in [2.24, 2.45) is 7.05 Å². The molecule has 0 bridgehead atoms. The number of aromatic nitrogens is 4. The van der Waals surface area contributed by atoms with Gasteiger partial charge in [-0.25, -0.2) is 9.97 Å². The maximum Gasteiger partial charge on any atom is 0.219 e. The largest absolute Gasteiger partial charge is 0.342 e. The molecule has 6 heteroatoms. The van der Waals surface area contributed by atoms with Gasteiger partial charge in [-0.15, -0.1) is 0 Å². The first-order valence-electron chi connectivity index (χ1n) is 7.14. The summed E-state index contributed by atoms with van der Waals surface area (Å²) < 4.78 is 1.81. The fraction of sp³-hybridized carbons (Fsp3) is 0.467. The maximum absolute atomic E-state index is 11.5. The van der Waals surface area contributed by atoms with Crippen LogP contribution in [0.3, 0.4) is 0 Å². The van der Waals surface area contributed by atoms with Crippen LogP contribution in [0.5, 0.6) is 0 Å². The van der Waals surface area contributed by atoms with E-state index in [9.17, 15) is 4.79 Å². The van der Waals surface area contributed by atoms with E-state index in [4.69, 9.17) is 4.98 Å². The van der Waals surface area contributed by atoms with Crippen molar-refractivity contribution in [1.82, 2.24) is 24.6 Å². The number of carbonyl (C=O) groups is 1. The minimum absolute atomic E-state index is 0.122. The van der Waals surface area contributed by atoms with E-state index in [-0.39, 0.29) is 11.8 Å². The van der Waals surface area contributed by atoms with Gasteiger partial charge in [0.1, 0.15) is 5.82 Å². The summed E-state index contributed by atoms with van der Waals surface area (Å²) in [6.07, 6.45) is 2.69. The van der Waals surface area contributed by atoms with E-state index in [0.717, 1.165) is 35.9 Å². The molecule has 2 aromatic heterocycles. The summed E-state index contributed by atoms with van der Waals surface area (Å²) in [5.41, 5.74) is 2.81. The average molecular weight is 285 g/mol. The molecule has 0 spiro atoms. The van der Waals surface area contributed by atoms with E-state index in [2.05, 4.69) is 10.1 Å². The van der Waals surface area contributed by atoms with Crippen LogP contribution in [-0.2, 0) is 11.8 Å². The normalized spacial score (nSPS) is 18.2. The number of hydrogen-bond donors (Lipinski definition) is 0. The zero-order valence-electron chi connectivity index (χ0n) is 12.6. The Kier molecular flexibility index (Phi) is 3.45. The Hall–Kier alpha value is -2.24. The average Bonchev–Trinajstić information content (AvgIpc) is 3.06. The van der Waals surface area contributed by atoms with Crippen LogP contribution in [0.15, 0.2) is 18.3 Å². The standard InChI is InChI=1S/C15H19N5O/c1-10-8-13(14-4-6-16-19(14)3)18-15(17-10)12-5-7-20(9-12)11(2)21/h4,6,8,12H,5,7,9H2,1-3H3/t12-/m1/s1. The second-order valence-electron chi connectivity index (χ2n) is 5.54. The third-order valence-corrected chi connectivity index (χ3v) is 3.95. The molecule has 6 nitrogen and oxygen atoms in total. The second kappa shape index (κ2) is 5.27. The lowest BCUT2D eigenvalue weighted by molar-refractivity contribution is -0.127. The van der Waals surface area contributed by atoms with Crippen LogP contribution in [0.25, 0.3) is 11.4 Å². The van der Waals surface area contributed by atoms with Crippen LogP contribution >= 0.6 is 0 Å². The second-order valence-corrected chi connectivity index (χ2v) is 5.54. The first-order valence-corrected chi connectivity index (χ1v) is 7.14. The number of amides is 1. The summed E-state index contributed by atoms with van der Waals surface area (Å²) >= 11 is 0. The van der Waals surface area contributed by atoms with Gasteiger partial charge in [0.25, 0.3) is 0 Å². The fourth-order valence-corrected chi connectivity index (χ4v) is 2.79. The minimum Gasteiger partial charge on any atom is -0.342 e. The first kappa shape index (κ1) is 13.7. The van der Waals surface area contributed by atoms with Crippen molar-refractivity contribution in [3.63, 3.8) is 0 Å². The smallest absolute Gasteiger partial charge is 0.219 e. The van der Waals surface area contributed by atoms with E-state index in [1.54, 1.807) is 13.1 Å². The molecule has 0 saturated carbocycles. The molecule has 3 rings (SSSR count). The van der Waals surface area contributed by atoms with Crippen molar-refractivity contribution < 1.29 is 4.79 Å². The number of nitrogens with zero attached hydrogens (tertiary/aromatic N) is 5. The molecule has 2 aromatic rings. The predicted octanol–water partition coefficient (Wildman–Crippen LogP) is 1.52. The van der Waals surface area contributed by atoms with Crippen molar-refractivity contribution in [1.29, 1.82) is 0 Å². The Bertz CT molecular complexity index is 678. The Balaban J connectivity index is 1.92. The van der Waals surface area contributed by atoms with Crippen LogP contribution < -0.4 is 0 Å². The summed E-state index contributed by atoms with van der Waals surface area (Å²) in [7, 11) is 1.90. The van der Waals surface area contributed by atoms with Crippen LogP contribution in [-0.4, -0.2) is 43.6 Å². The summed E-state index contributed by atoms with van der Waals surface area (Å²) in [5.74, 6) is 1.17. The molecule has 3 heterocycles. The van der Waals surface area contributed by atoms with Gasteiger partial charge in [0, 0.05) is 44.9 Å². The van der Waals surface area contributed by atoms with Crippen molar-refractivity contribution in [3.05, 3.63) is 29.8 Å². The van der Waals surface area contributed by atoms with Gasteiger partial charge in [0.15, 0.2) is 0 Å². The van der Waals surface area contributed by atoms with Gasteiger partial charge in [-0.2, -0.15) is 5.10 Å². The summed E-state index contributed by atoms with van der Waals surface area (Å²) in [6.45, 7) is 5.09. The molecule has 1 atom stereocenters. The Labute approximate surface area is 123 Å². The molecule has 1 saturated heterocycles. The molecule has 0 unspecified atom stereocenters. The molecule has 0 N–H and O–H groups in total. The summed E-state index contributed by atoms with van der Waals surface area (Å²) in [6, 6.07) is 3.92. The molecular formula is C15H19N5O. The van der Waals surface area contributed by atoms with Crippen molar-refractivity contribution in [3.8, 4) is 11.4 Å². The molecule has 21 heavy (non-hydrogen) atoms. The minimum atomic E-state index is 0.122. The summed E-state index contributed by atoms with van der Waals surface area (Å²) in [4.78, 5) is 22.6. The van der Waals surface area contributed by atoms with Gasteiger partial charge in [-0.3, -0.25) is 9.48 Å². The third kappa shape index (κ3) is 2.66. The lowest BCUT2D eigenvalue weighted by Gasteiger charge is -2.14. The number of aryl methyl sites for hydroxylation is 2. The highest BCUT2D eigenvalue weighted by molar-refractivity contribution is 5.73. The van der Waals surface area contributed by atoms with Gasteiger partial charge in [0.05, 0.1) is 11.4 Å². The first-order chi connectivity index (χ1) is 10.0. The van der Waals surface area contributed by atoms with Crippen molar-refractivity contribution in [2.45, 2.75) is 26.2 Å². The predicted molar refractivity (Wildman–Crippen MR) is 78.6 cm³/mol. The molecule has 1 fully saturated rings. The quantitative estimate of drug-likeness (QED) is 0.839. The van der Waals surface area contributed by atoms with Gasteiger partial charge in [-0.05, 0) is 25.5 Å². The zero-order chi connectivity index (χ0) is 15.0. The fourth-order valence-electron chi connectivity index (χ4n) is 2.79. The van der Waals surface area contributed by atoms with Crippen LogP contribution in [0.1, 0.15) is 30.8 Å². The topological polar surface area (TPSA) is 63.9 Å². The highest BCUT2D eigenvalue weighted by Crippen LogP contribution is 2.27. The number of rotatable bonds is 2. The maximum atomic E-state index is 11.5. The van der Waals surface area contributed by atoms with E-state index >= 15 is 0 Å². The van der Waals surface area contributed by atoms with E-state index in [1.807, 2.05) is 35.7 Å². The monoisotopic (exact) mass is 285 g/mol. The Morgan fingerprint density at radius 3 is 2.81 bits per heavy atom. The van der Waals surface area contributed by atoms with Crippen molar-refractivity contribution >= 4 is 5.91 Å². The SMILES string of the molecule is CC(=O)N1CC[C@@H](c2nc(C)cc(-c3ccnn3C)n2)C1. The molecule has 0 aliphatic carbocycles. The van der Waals surface area contributed by atoms with Crippen LogP contribution in [0.4, 0.5) is 0 Å². The third-order valence-electron chi connectivity index (χ3n) is 3.95. The molecule has 1 aliphatic rings. The molecule has 0 radical (unpaired) electrons. The van der Waals surface area contributed by atoms with Crippen molar-refractivity contribution in [2.75, 3.05) is 13.1 Å². The lowest BCUT2D eigenvalue weighted by atomic mass is 10.1. The molecule has 110 valence electrons. The zero-order valence-corrected chi connectivity index (χ0v) is 12.6. The van der Waals surface area contributed by atoms with E-state index < -0.39 is 0 Å². The molecule has 1 amide bonds. The van der Waals surface area contributed by atoms with E-state index in [1.165, 1.54) is 0 Å². The number of hydrogen-bond acceptors (Lipinski definition) is 4. The number of likely N-dealkylation sites (tertiary alicyclic amines) is 1. The molecule has 0 aromatic carbocycles. The number of carbonyl (C=O) groups excluding carboxylic acids is 1. The molecular weight excluding hydrogens is 266 g/mol. The highest BCUT2D eigenvalue weighted by Gasteiger charge is 2.28. The van der Waals surface area contributed by atoms with Crippen LogP contribution in [0.2, 0.25) is 0 Å². The highest BCUT2D eigenvalue weighted by atomic mass is 16.2. The van der Waals surface area contributed by atoms with Gasteiger partial charge >= 0.3 is 0 Å². The molecule has 1 aliphatic heterocycles. The summed E-state index contributed by atoms with van der Waals surface area (Å²) in [5, 5.41) is 4.19. The van der Waals surface area contributed by atoms with Gasteiger partial charge in [0.2, 0.25) is 5.91 Å². The van der Waals surface area contributed by atoms with Crippen LogP contribution in [0, 0.1) is 6.92 Å². The van der Waals surface area contributed by atoms with Gasteiger partial charge in [-0.1, -0.05) is 0 Å².